The third-order valence-electron chi connectivity index (χ3n) is 4.38. The number of aryl methyl sites for hydroxylation is 1. The van der Waals surface area contributed by atoms with Gasteiger partial charge >= 0.3 is 0 Å². The molecule has 0 spiro atoms. The van der Waals surface area contributed by atoms with Gasteiger partial charge in [-0.1, -0.05) is 23.7 Å². The third-order valence-corrected chi connectivity index (χ3v) is 5.50. The first-order valence-electron chi connectivity index (χ1n) is 8.20. The summed E-state index contributed by atoms with van der Waals surface area (Å²) in [5.41, 5.74) is 2.31. The number of rotatable bonds is 3. The molecular formula is C18H19ClN4S. The molecule has 4 nitrogen and oxygen atoms in total. The molecule has 0 bridgehead atoms. The number of aromatic nitrogens is 2. The van der Waals surface area contributed by atoms with E-state index in [0.717, 1.165) is 58.4 Å². The van der Waals surface area contributed by atoms with Gasteiger partial charge in [0, 0.05) is 22.0 Å². The smallest absolute Gasteiger partial charge is 0.139 e. The molecule has 24 heavy (non-hydrogen) atoms. The number of anilines is 1. The number of fused-ring (bicyclic) bond motifs is 1. The van der Waals surface area contributed by atoms with E-state index in [-0.39, 0.29) is 0 Å². The number of nitrogens with zero attached hydrogens (tertiary/aromatic N) is 2. The maximum Gasteiger partial charge on any atom is 0.139 e. The monoisotopic (exact) mass is 358 g/mol. The van der Waals surface area contributed by atoms with Crippen molar-refractivity contribution in [1.29, 1.82) is 0 Å². The Hall–Kier alpha value is -1.69. The van der Waals surface area contributed by atoms with E-state index in [0.29, 0.717) is 6.04 Å². The summed E-state index contributed by atoms with van der Waals surface area (Å²) in [6.45, 7) is 4.06. The van der Waals surface area contributed by atoms with Crippen LogP contribution in [0.25, 0.3) is 21.3 Å². The predicted molar refractivity (Wildman–Crippen MR) is 102 cm³/mol. The highest BCUT2D eigenvalue weighted by molar-refractivity contribution is 7.17. The molecule has 0 saturated carbocycles. The summed E-state index contributed by atoms with van der Waals surface area (Å²) in [5.74, 6) is 1.76. The van der Waals surface area contributed by atoms with Crippen molar-refractivity contribution in [3.05, 3.63) is 40.5 Å². The third kappa shape index (κ3) is 3.11. The molecule has 3 heterocycles. The summed E-state index contributed by atoms with van der Waals surface area (Å²) < 4.78 is 0. The van der Waals surface area contributed by atoms with Crippen LogP contribution in [-0.4, -0.2) is 29.1 Å². The Morgan fingerprint density at radius 3 is 2.67 bits per heavy atom. The number of hydrogen-bond acceptors (Lipinski definition) is 5. The van der Waals surface area contributed by atoms with E-state index in [4.69, 9.17) is 16.6 Å². The summed E-state index contributed by atoms with van der Waals surface area (Å²) in [6, 6.07) is 8.42. The average Bonchev–Trinajstić information content (AvgIpc) is 3.00. The molecule has 1 aliphatic rings. The van der Waals surface area contributed by atoms with Crippen LogP contribution in [-0.2, 0) is 0 Å². The van der Waals surface area contributed by atoms with Crippen LogP contribution in [0.1, 0.15) is 18.7 Å². The standard InChI is InChI=1S/C18H19ClN4S/c1-11-21-17(23-14-6-8-20-9-7-14)16-15(10-24-18(16)22-11)12-2-4-13(19)5-3-12/h2-5,10,14,20H,6-9H2,1H3,(H,21,22,23). The highest BCUT2D eigenvalue weighted by Gasteiger charge is 2.18. The molecule has 1 aromatic carbocycles. The Bertz CT molecular complexity index is 853. The van der Waals surface area contributed by atoms with E-state index >= 15 is 0 Å². The average molecular weight is 359 g/mol. The van der Waals surface area contributed by atoms with Crippen molar-refractivity contribution in [2.75, 3.05) is 18.4 Å². The zero-order chi connectivity index (χ0) is 16.5. The minimum absolute atomic E-state index is 0.460. The van der Waals surface area contributed by atoms with Gasteiger partial charge in [-0.2, -0.15) is 0 Å². The van der Waals surface area contributed by atoms with Crippen molar-refractivity contribution in [3.63, 3.8) is 0 Å². The van der Waals surface area contributed by atoms with Gasteiger partial charge in [0.05, 0.1) is 5.39 Å². The molecule has 1 aliphatic heterocycles. The molecule has 0 aliphatic carbocycles. The van der Waals surface area contributed by atoms with Crippen LogP contribution in [0.15, 0.2) is 29.6 Å². The molecule has 0 unspecified atom stereocenters. The van der Waals surface area contributed by atoms with Crippen LogP contribution in [0.5, 0.6) is 0 Å². The molecule has 4 rings (SSSR count). The van der Waals surface area contributed by atoms with Crippen molar-refractivity contribution in [2.45, 2.75) is 25.8 Å². The summed E-state index contributed by atoms with van der Waals surface area (Å²) in [4.78, 5) is 10.4. The summed E-state index contributed by atoms with van der Waals surface area (Å²) >= 11 is 7.70. The fraction of sp³-hybridized carbons (Fsp3) is 0.333. The van der Waals surface area contributed by atoms with Crippen molar-refractivity contribution < 1.29 is 0 Å². The van der Waals surface area contributed by atoms with Gasteiger partial charge in [-0.3, -0.25) is 0 Å². The second-order valence-corrected chi connectivity index (χ2v) is 7.42. The molecule has 6 heteroatoms. The molecule has 2 aromatic heterocycles. The lowest BCUT2D eigenvalue weighted by atomic mass is 10.0. The van der Waals surface area contributed by atoms with Gasteiger partial charge in [-0.15, -0.1) is 11.3 Å². The number of halogens is 1. The van der Waals surface area contributed by atoms with Gasteiger partial charge in [-0.05, 0) is 50.6 Å². The minimum atomic E-state index is 0.460. The normalized spacial score (nSPS) is 15.8. The van der Waals surface area contributed by atoms with Crippen LogP contribution >= 0.6 is 22.9 Å². The van der Waals surface area contributed by atoms with Gasteiger partial charge in [0.25, 0.3) is 0 Å². The Labute approximate surface area is 150 Å². The second-order valence-electron chi connectivity index (χ2n) is 6.12. The molecule has 124 valence electrons. The van der Waals surface area contributed by atoms with Crippen molar-refractivity contribution in [3.8, 4) is 11.1 Å². The number of hydrogen-bond donors (Lipinski definition) is 2. The Kier molecular flexibility index (Phi) is 4.39. The van der Waals surface area contributed by atoms with Gasteiger partial charge in [0.15, 0.2) is 0 Å². The zero-order valence-corrected chi connectivity index (χ0v) is 15.0. The van der Waals surface area contributed by atoms with Gasteiger partial charge in [0.2, 0.25) is 0 Å². The van der Waals surface area contributed by atoms with E-state index in [1.54, 1.807) is 11.3 Å². The fourth-order valence-corrected chi connectivity index (χ4v) is 4.27. The highest BCUT2D eigenvalue weighted by atomic mass is 35.5. The van der Waals surface area contributed by atoms with E-state index in [1.807, 2.05) is 19.1 Å². The van der Waals surface area contributed by atoms with E-state index in [9.17, 15) is 0 Å². The largest absolute Gasteiger partial charge is 0.367 e. The van der Waals surface area contributed by atoms with Crippen LogP contribution in [0.4, 0.5) is 5.82 Å². The SMILES string of the molecule is Cc1nc(NC2CCNCC2)c2c(-c3ccc(Cl)cc3)csc2n1. The number of benzene rings is 1. The van der Waals surface area contributed by atoms with Gasteiger partial charge < -0.3 is 10.6 Å². The molecule has 3 aromatic rings. The highest BCUT2D eigenvalue weighted by Crippen LogP contribution is 2.37. The lowest BCUT2D eigenvalue weighted by Gasteiger charge is -2.24. The Morgan fingerprint density at radius 2 is 1.92 bits per heavy atom. The topological polar surface area (TPSA) is 49.8 Å². The van der Waals surface area contributed by atoms with Crippen LogP contribution in [0, 0.1) is 6.92 Å². The first-order chi connectivity index (χ1) is 11.7. The second kappa shape index (κ2) is 6.67. The van der Waals surface area contributed by atoms with Crippen molar-refractivity contribution >= 4 is 39.0 Å². The lowest BCUT2D eigenvalue weighted by Crippen LogP contribution is -2.35. The van der Waals surface area contributed by atoms with E-state index in [1.165, 1.54) is 5.56 Å². The van der Waals surface area contributed by atoms with E-state index < -0.39 is 0 Å². The maximum absolute atomic E-state index is 6.03. The zero-order valence-electron chi connectivity index (χ0n) is 13.5. The maximum atomic E-state index is 6.03. The predicted octanol–water partition coefficient (Wildman–Crippen LogP) is 4.48. The quantitative estimate of drug-likeness (QED) is 0.724. The Morgan fingerprint density at radius 1 is 1.17 bits per heavy atom. The summed E-state index contributed by atoms with van der Waals surface area (Å²) in [7, 11) is 0. The van der Waals surface area contributed by atoms with Gasteiger partial charge in [0.1, 0.15) is 16.5 Å². The summed E-state index contributed by atoms with van der Waals surface area (Å²) in [6.07, 6.45) is 2.23. The summed E-state index contributed by atoms with van der Waals surface area (Å²) in [5, 5.41) is 11.1. The van der Waals surface area contributed by atoms with Gasteiger partial charge in [-0.25, -0.2) is 9.97 Å². The van der Waals surface area contributed by atoms with Crippen LogP contribution < -0.4 is 10.6 Å². The van der Waals surface area contributed by atoms with Crippen molar-refractivity contribution in [1.82, 2.24) is 15.3 Å². The molecule has 0 atom stereocenters. The first-order valence-corrected chi connectivity index (χ1v) is 9.45. The molecule has 1 saturated heterocycles. The first kappa shape index (κ1) is 15.8. The number of nitrogens with one attached hydrogen (secondary N) is 2. The van der Waals surface area contributed by atoms with E-state index in [2.05, 4.69) is 33.1 Å². The van der Waals surface area contributed by atoms with Crippen LogP contribution in [0.3, 0.4) is 0 Å². The molecule has 0 radical (unpaired) electrons. The molecular weight excluding hydrogens is 340 g/mol. The molecule has 1 fully saturated rings. The molecule has 0 amide bonds. The fourth-order valence-electron chi connectivity index (χ4n) is 3.15. The van der Waals surface area contributed by atoms with Crippen molar-refractivity contribution in [2.24, 2.45) is 0 Å². The van der Waals surface area contributed by atoms with Crippen LogP contribution in [0.2, 0.25) is 5.02 Å². The lowest BCUT2D eigenvalue weighted by molar-refractivity contribution is 0.478. The number of piperidine rings is 1. The number of thiophene rings is 1. The minimum Gasteiger partial charge on any atom is -0.367 e. The molecule has 2 N–H and O–H groups in total. The Balaban J connectivity index is 1.79.